The van der Waals surface area contributed by atoms with E-state index in [1.165, 1.54) is 23.9 Å². The van der Waals surface area contributed by atoms with E-state index in [0.717, 1.165) is 11.5 Å². The molecule has 0 saturated carbocycles. The number of carbonyl (C=O) groups is 1. The first kappa shape index (κ1) is 17.1. The lowest BCUT2D eigenvalue weighted by Gasteiger charge is -2.07. The molecule has 1 amide bonds. The number of anilines is 1. The summed E-state index contributed by atoms with van der Waals surface area (Å²) in [6, 6.07) is 13.2. The van der Waals surface area contributed by atoms with Crippen molar-refractivity contribution in [2.45, 2.75) is 0 Å². The van der Waals surface area contributed by atoms with Gasteiger partial charge in [0.15, 0.2) is 0 Å². The summed E-state index contributed by atoms with van der Waals surface area (Å²) in [6.07, 6.45) is 0. The van der Waals surface area contributed by atoms with Crippen molar-refractivity contribution in [3.8, 4) is 11.5 Å². The summed E-state index contributed by atoms with van der Waals surface area (Å²) < 4.78 is 23.6. The Balaban J connectivity index is 1.62. The van der Waals surface area contributed by atoms with E-state index in [1.807, 2.05) is 24.3 Å². The average molecular weight is 335 g/mol. The van der Waals surface area contributed by atoms with Crippen LogP contribution >= 0.6 is 11.8 Å². The van der Waals surface area contributed by atoms with E-state index in [9.17, 15) is 9.18 Å². The Bertz CT molecular complexity index is 634. The Hall–Kier alpha value is -2.21. The molecule has 0 fully saturated rings. The first-order valence-electron chi connectivity index (χ1n) is 7.07. The molecule has 0 heterocycles. The van der Waals surface area contributed by atoms with Crippen molar-refractivity contribution in [1.29, 1.82) is 0 Å². The zero-order valence-electron chi connectivity index (χ0n) is 12.8. The third-order valence-corrected chi connectivity index (χ3v) is 3.82. The number of halogens is 1. The van der Waals surface area contributed by atoms with Gasteiger partial charge >= 0.3 is 0 Å². The van der Waals surface area contributed by atoms with Gasteiger partial charge in [0.2, 0.25) is 5.91 Å². The maximum atomic E-state index is 13.0. The van der Waals surface area contributed by atoms with Crippen LogP contribution in [0.3, 0.4) is 0 Å². The molecule has 4 nitrogen and oxygen atoms in total. The molecule has 1 N–H and O–H groups in total. The van der Waals surface area contributed by atoms with Crippen LogP contribution < -0.4 is 14.8 Å². The quantitative estimate of drug-likeness (QED) is 0.749. The Labute approximate surface area is 139 Å². The second-order valence-corrected chi connectivity index (χ2v) is 5.74. The van der Waals surface area contributed by atoms with E-state index < -0.39 is 0 Å². The van der Waals surface area contributed by atoms with Gasteiger partial charge in [-0.15, -0.1) is 11.8 Å². The van der Waals surface area contributed by atoms with Crippen molar-refractivity contribution in [2.75, 3.05) is 30.5 Å². The molecule has 23 heavy (non-hydrogen) atoms. The lowest BCUT2D eigenvalue weighted by Crippen LogP contribution is -2.15. The van der Waals surface area contributed by atoms with Crippen molar-refractivity contribution < 1.29 is 18.7 Å². The van der Waals surface area contributed by atoms with Crippen LogP contribution in [0, 0.1) is 5.82 Å². The SMILES string of the molecule is COc1ccc(OCCSCC(=O)Nc2cccc(F)c2)cc1. The van der Waals surface area contributed by atoms with E-state index >= 15 is 0 Å². The Morgan fingerprint density at radius 2 is 1.91 bits per heavy atom. The number of ether oxygens (including phenoxy) is 2. The van der Waals surface area contributed by atoms with Crippen LogP contribution in [0.25, 0.3) is 0 Å². The number of hydrogen-bond acceptors (Lipinski definition) is 4. The Kier molecular flexibility index (Phi) is 6.75. The van der Waals surface area contributed by atoms with Crippen LogP contribution in [0.1, 0.15) is 0 Å². The number of rotatable bonds is 8. The summed E-state index contributed by atoms with van der Waals surface area (Å²) in [5.74, 6) is 1.98. The summed E-state index contributed by atoms with van der Waals surface area (Å²) in [7, 11) is 1.61. The molecular weight excluding hydrogens is 317 g/mol. The van der Waals surface area contributed by atoms with E-state index in [4.69, 9.17) is 9.47 Å². The molecule has 2 aromatic rings. The lowest BCUT2D eigenvalue weighted by atomic mass is 10.3. The highest BCUT2D eigenvalue weighted by atomic mass is 32.2. The number of thioether (sulfide) groups is 1. The van der Waals surface area contributed by atoms with Gasteiger partial charge < -0.3 is 14.8 Å². The molecule has 0 radical (unpaired) electrons. The van der Waals surface area contributed by atoms with Crippen LogP contribution in [0.2, 0.25) is 0 Å². The van der Waals surface area contributed by atoms with Crippen molar-refractivity contribution >= 4 is 23.4 Å². The smallest absolute Gasteiger partial charge is 0.234 e. The van der Waals surface area contributed by atoms with Gasteiger partial charge in [0.05, 0.1) is 19.5 Å². The summed E-state index contributed by atoms with van der Waals surface area (Å²) in [5, 5.41) is 2.65. The lowest BCUT2D eigenvalue weighted by molar-refractivity contribution is -0.113. The Morgan fingerprint density at radius 3 is 2.61 bits per heavy atom. The standard InChI is InChI=1S/C17H18FNO3S/c1-21-15-5-7-16(8-6-15)22-9-10-23-12-17(20)19-14-4-2-3-13(18)11-14/h2-8,11H,9-10,12H2,1H3,(H,19,20). The number of benzene rings is 2. The minimum absolute atomic E-state index is 0.162. The largest absolute Gasteiger partial charge is 0.497 e. The highest BCUT2D eigenvalue weighted by Crippen LogP contribution is 2.17. The molecule has 122 valence electrons. The number of amides is 1. The monoisotopic (exact) mass is 335 g/mol. The second kappa shape index (κ2) is 9.05. The zero-order valence-corrected chi connectivity index (χ0v) is 13.6. The van der Waals surface area contributed by atoms with E-state index in [1.54, 1.807) is 19.2 Å². The molecule has 0 bridgehead atoms. The molecule has 0 aliphatic heterocycles. The van der Waals surface area contributed by atoms with E-state index in [2.05, 4.69) is 5.32 Å². The van der Waals surface area contributed by atoms with Gasteiger partial charge in [0.25, 0.3) is 0 Å². The fourth-order valence-electron chi connectivity index (χ4n) is 1.82. The molecule has 0 saturated heterocycles. The summed E-state index contributed by atoms with van der Waals surface area (Å²) in [5.41, 5.74) is 0.463. The van der Waals surface area contributed by atoms with Gasteiger partial charge in [0.1, 0.15) is 17.3 Å². The molecule has 6 heteroatoms. The second-order valence-electron chi connectivity index (χ2n) is 4.64. The van der Waals surface area contributed by atoms with Crippen LogP contribution in [0.4, 0.5) is 10.1 Å². The number of nitrogens with one attached hydrogen (secondary N) is 1. The van der Waals surface area contributed by atoms with Gasteiger partial charge in [-0.2, -0.15) is 0 Å². The van der Waals surface area contributed by atoms with Crippen LogP contribution in [-0.2, 0) is 4.79 Å². The fraction of sp³-hybridized carbons (Fsp3) is 0.235. The van der Waals surface area contributed by atoms with Gasteiger partial charge in [-0.1, -0.05) is 6.07 Å². The molecule has 0 aliphatic carbocycles. The van der Waals surface area contributed by atoms with E-state index in [-0.39, 0.29) is 11.7 Å². The average Bonchev–Trinajstić information content (AvgIpc) is 2.55. The predicted molar refractivity (Wildman–Crippen MR) is 90.8 cm³/mol. The molecule has 0 aromatic heterocycles. The zero-order chi connectivity index (χ0) is 16.5. The first-order valence-corrected chi connectivity index (χ1v) is 8.23. The van der Waals surface area contributed by atoms with Crippen molar-refractivity contribution in [3.05, 3.63) is 54.3 Å². The van der Waals surface area contributed by atoms with Gasteiger partial charge in [0, 0.05) is 11.4 Å². The number of hydrogen-bond donors (Lipinski definition) is 1. The fourth-order valence-corrected chi connectivity index (χ4v) is 2.42. The topological polar surface area (TPSA) is 47.6 Å². The van der Waals surface area contributed by atoms with Crippen LogP contribution in [-0.4, -0.2) is 31.1 Å². The van der Waals surface area contributed by atoms with Crippen LogP contribution in [0.15, 0.2) is 48.5 Å². The molecule has 2 rings (SSSR count). The minimum atomic E-state index is -0.372. The molecule has 0 spiro atoms. The van der Waals surface area contributed by atoms with Gasteiger partial charge in [-0.3, -0.25) is 4.79 Å². The summed E-state index contributed by atoms with van der Waals surface area (Å²) in [4.78, 5) is 11.7. The minimum Gasteiger partial charge on any atom is -0.497 e. The maximum Gasteiger partial charge on any atom is 0.234 e. The van der Waals surface area contributed by atoms with E-state index in [0.29, 0.717) is 23.8 Å². The van der Waals surface area contributed by atoms with Crippen molar-refractivity contribution in [1.82, 2.24) is 0 Å². The molecule has 0 aliphatic rings. The maximum absolute atomic E-state index is 13.0. The van der Waals surface area contributed by atoms with Crippen molar-refractivity contribution in [3.63, 3.8) is 0 Å². The van der Waals surface area contributed by atoms with Crippen molar-refractivity contribution in [2.24, 2.45) is 0 Å². The third-order valence-electron chi connectivity index (χ3n) is 2.90. The highest BCUT2D eigenvalue weighted by molar-refractivity contribution is 7.99. The molecule has 0 atom stereocenters. The molecular formula is C17H18FNO3S. The number of carbonyl (C=O) groups excluding carboxylic acids is 1. The van der Waals surface area contributed by atoms with Gasteiger partial charge in [-0.25, -0.2) is 4.39 Å². The first-order chi connectivity index (χ1) is 11.2. The normalized spacial score (nSPS) is 10.2. The van der Waals surface area contributed by atoms with Crippen LogP contribution in [0.5, 0.6) is 11.5 Å². The molecule has 2 aromatic carbocycles. The highest BCUT2D eigenvalue weighted by Gasteiger charge is 2.03. The predicted octanol–water partition coefficient (Wildman–Crippen LogP) is 3.59. The summed E-state index contributed by atoms with van der Waals surface area (Å²) in [6.45, 7) is 0.504. The molecule has 0 unspecified atom stereocenters. The third kappa shape index (κ3) is 6.20. The Morgan fingerprint density at radius 1 is 1.17 bits per heavy atom. The van der Waals surface area contributed by atoms with Gasteiger partial charge in [-0.05, 0) is 42.5 Å². The number of methoxy groups -OCH3 is 1. The summed E-state index contributed by atoms with van der Waals surface area (Å²) >= 11 is 1.46.